The van der Waals surface area contributed by atoms with Gasteiger partial charge in [-0.1, -0.05) is 0 Å². The molecule has 0 fully saturated rings. The van der Waals surface area contributed by atoms with E-state index in [1.807, 2.05) is 18.5 Å². The van der Waals surface area contributed by atoms with Crippen molar-refractivity contribution >= 4 is 17.7 Å². The third-order valence-corrected chi connectivity index (χ3v) is 3.27. The maximum Gasteiger partial charge on any atom is 0.356 e. The molecule has 0 aromatic carbocycles. The number of hydrogen-bond acceptors (Lipinski definition) is 3. The number of carboxylic acid groups (broad SMARTS) is 1. The highest BCUT2D eigenvalue weighted by Crippen LogP contribution is 2.33. The maximum atomic E-state index is 10.9. The number of rotatable bonds is 2. The van der Waals surface area contributed by atoms with Crippen LogP contribution in [0.5, 0.6) is 0 Å². The van der Waals surface area contributed by atoms with E-state index in [4.69, 9.17) is 5.11 Å². The van der Waals surface area contributed by atoms with Crippen molar-refractivity contribution in [3.8, 4) is 0 Å². The van der Waals surface area contributed by atoms with Crippen molar-refractivity contribution in [3.63, 3.8) is 0 Å². The monoisotopic (exact) mass is 212 g/mol. The first kappa shape index (κ1) is 9.58. The second-order valence-corrected chi connectivity index (χ2v) is 4.60. The van der Waals surface area contributed by atoms with Gasteiger partial charge in [0.15, 0.2) is 5.69 Å². The van der Waals surface area contributed by atoms with E-state index >= 15 is 0 Å². The van der Waals surface area contributed by atoms with Gasteiger partial charge >= 0.3 is 5.97 Å². The van der Waals surface area contributed by atoms with Crippen molar-refractivity contribution in [1.29, 1.82) is 0 Å². The first-order chi connectivity index (χ1) is 6.61. The number of hydrogen-bond donors (Lipinski definition) is 1. The highest BCUT2D eigenvalue weighted by Gasteiger charge is 2.27. The molecular formula is C9H12N2O2S. The zero-order valence-electron chi connectivity index (χ0n) is 8.15. The Balaban J connectivity index is 2.55. The topological polar surface area (TPSA) is 55.1 Å². The van der Waals surface area contributed by atoms with E-state index < -0.39 is 5.97 Å². The number of aromatic nitrogens is 2. The summed E-state index contributed by atoms with van der Waals surface area (Å²) >= 11 is 1.75. The van der Waals surface area contributed by atoms with Crippen molar-refractivity contribution in [3.05, 3.63) is 17.0 Å². The van der Waals surface area contributed by atoms with Crippen LogP contribution in [0.1, 0.15) is 41.6 Å². The second kappa shape index (κ2) is 3.31. The molecule has 1 aromatic heterocycles. The smallest absolute Gasteiger partial charge is 0.356 e. The lowest BCUT2D eigenvalue weighted by atomic mass is 10.2. The maximum absolute atomic E-state index is 10.9. The third kappa shape index (κ3) is 1.32. The van der Waals surface area contributed by atoms with Gasteiger partial charge < -0.3 is 5.11 Å². The van der Waals surface area contributed by atoms with E-state index in [-0.39, 0.29) is 11.7 Å². The number of aromatic carboxylic acids is 1. The van der Waals surface area contributed by atoms with Crippen molar-refractivity contribution in [1.82, 2.24) is 9.78 Å². The number of fused-ring (bicyclic) bond motifs is 1. The average molecular weight is 212 g/mol. The number of thioether (sulfide) groups is 1. The summed E-state index contributed by atoms with van der Waals surface area (Å²) < 4.78 is 1.83. The first-order valence-corrected chi connectivity index (χ1v) is 5.68. The zero-order valence-corrected chi connectivity index (χ0v) is 8.97. The predicted octanol–water partition coefficient (Wildman–Crippen LogP) is 1.91. The van der Waals surface area contributed by atoms with Crippen LogP contribution in [0.25, 0.3) is 0 Å². The molecule has 0 atom stereocenters. The van der Waals surface area contributed by atoms with Gasteiger partial charge in [-0.3, -0.25) is 4.68 Å². The van der Waals surface area contributed by atoms with Gasteiger partial charge in [0.2, 0.25) is 0 Å². The van der Waals surface area contributed by atoms with Crippen LogP contribution in [0.3, 0.4) is 0 Å². The Morgan fingerprint density at radius 3 is 2.86 bits per heavy atom. The van der Waals surface area contributed by atoms with E-state index in [9.17, 15) is 4.79 Å². The molecule has 1 aromatic rings. The van der Waals surface area contributed by atoms with Gasteiger partial charge in [0, 0.05) is 23.1 Å². The molecule has 1 N–H and O–H groups in total. The van der Waals surface area contributed by atoms with Crippen LogP contribution in [0, 0.1) is 0 Å². The van der Waals surface area contributed by atoms with Crippen molar-refractivity contribution in [2.24, 2.45) is 0 Å². The molecule has 0 bridgehead atoms. The molecule has 2 rings (SSSR count). The minimum atomic E-state index is -0.914. The van der Waals surface area contributed by atoms with E-state index in [1.54, 1.807) is 11.8 Å². The summed E-state index contributed by atoms with van der Waals surface area (Å²) in [7, 11) is 0. The number of carboxylic acids is 1. The molecular weight excluding hydrogens is 200 g/mol. The lowest BCUT2D eigenvalue weighted by Crippen LogP contribution is -2.07. The molecule has 5 heteroatoms. The molecule has 0 spiro atoms. The summed E-state index contributed by atoms with van der Waals surface area (Å²) in [6.07, 6.45) is 0. The van der Waals surface area contributed by atoms with Gasteiger partial charge in [-0.05, 0) is 13.8 Å². The summed E-state index contributed by atoms with van der Waals surface area (Å²) in [6.45, 7) is 4.03. The van der Waals surface area contributed by atoms with Gasteiger partial charge in [-0.2, -0.15) is 16.9 Å². The summed E-state index contributed by atoms with van der Waals surface area (Å²) in [5.74, 6) is 0.750. The number of carbonyl (C=O) groups is 1. The molecule has 1 aliphatic heterocycles. The Labute approximate surface area is 86.3 Å². The average Bonchev–Trinajstić information content (AvgIpc) is 2.59. The molecule has 0 radical (unpaired) electrons. The van der Waals surface area contributed by atoms with Crippen molar-refractivity contribution < 1.29 is 9.90 Å². The Kier molecular flexibility index (Phi) is 2.26. The fraction of sp³-hybridized carbons (Fsp3) is 0.556. The molecule has 4 nitrogen and oxygen atoms in total. The summed E-state index contributed by atoms with van der Waals surface area (Å²) in [4.78, 5) is 10.9. The quantitative estimate of drug-likeness (QED) is 0.813. The van der Waals surface area contributed by atoms with Crippen LogP contribution in [0.4, 0.5) is 0 Å². The molecule has 2 heterocycles. The van der Waals surface area contributed by atoms with E-state index in [0.29, 0.717) is 0 Å². The van der Waals surface area contributed by atoms with Gasteiger partial charge in [0.25, 0.3) is 0 Å². The molecule has 0 aliphatic carbocycles. The van der Waals surface area contributed by atoms with Crippen LogP contribution in [-0.4, -0.2) is 20.9 Å². The number of nitrogens with zero attached hydrogens (tertiary/aromatic N) is 2. The predicted molar refractivity (Wildman–Crippen MR) is 54.6 cm³/mol. The minimum Gasteiger partial charge on any atom is -0.476 e. The fourth-order valence-corrected chi connectivity index (χ4v) is 2.77. The Morgan fingerprint density at radius 2 is 2.29 bits per heavy atom. The molecule has 76 valence electrons. The minimum absolute atomic E-state index is 0.232. The molecule has 0 unspecified atom stereocenters. The van der Waals surface area contributed by atoms with Crippen LogP contribution >= 0.6 is 11.8 Å². The Bertz CT molecular complexity index is 384. The summed E-state index contributed by atoms with van der Waals surface area (Å²) in [5, 5.41) is 13.1. The van der Waals surface area contributed by atoms with E-state index in [2.05, 4.69) is 5.10 Å². The van der Waals surface area contributed by atoms with Crippen molar-refractivity contribution in [2.45, 2.75) is 31.4 Å². The van der Waals surface area contributed by atoms with Crippen LogP contribution in [-0.2, 0) is 11.5 Å². The summed E-state index contributed by atoms with van der Waals surface area (Å²) in [5.41, 5.74) is 2.23. The van der Waals surface area contributed by atoms with Gasteiger partial charge in [0.1, 0.15) is 0 Å². The first-order valence-electron chi connectivity index (χ1n) is 4.52. The zero-order chi connectivity index (χ0) is 10.3. The van der Waals surface area contributed by atoms with Gasteiger partial charge in [-0.25, -0.2) is 4.79 Å². The molecule has 14 heavy (non-hydrogen) atoms. The van der Waals surface area contributed by atoms with Crippen LogP contribution in [0.2, 0.25) is 0 Å². The lowest BCUT2D eigenvalue weighted by molar-refractivity contribution is 0.0688. The Hall–Kier alpha value is -0.970. The van der Waals surface area contributed by atoms with Crippen molar-refractivity contribution in [2.75, 3.05) is 0 Å². The SMILES string of the molecule is CC(C)n1nc(C(=O)O)c2c1CSC2. The highest BCUT2D eigenvalue weighted by atomic mass is 32.2. The third-order valence-electron chi connectivity index (χ3n) is 2.30. The van der Waals surface area contributed by atoms with Crippen LogP contribution < -0.4 is 0 Å². The van der Waals surface area contributed by atoms with E-state index in [0.717, 1.165) is 22.8 Å². The standard InChI is InChI=1S/C9H12N2O2S/c1-5(2)11-7-4-14-3-6(7)8(10-11)9(12)13/h5H,3-4H2,1-2H3,(H,12,13). The Morgan fingerprint density at radius 1 is 1.57 bits per heavy atom. The van der Waals surface area contributed by atoms with Gasteiger partial charge in [-0.15, -0.1) is 0 Å². The summed E-state index contributed by atoms with van der Waals surface area (Å²) in [6, 6.07) is 0.232. The largest absolute Gasteiger partial charge is 0.476 e. The van der Waals surface area contributed by atoms with Crippen LogP contribution in [0.15, 0.2) is 0 Å². The molecule has 1 aliphatic rings. The second-order valence-electron chi connectivity index (χ2n) is 3.61. The van der Waals surface area contributed by atoms with E-state index in [1.165, 1.54) is 0 Å². The lowest BCUT2D eigenvalue weighted by Gasteiger charge is -2.07. The fourth-order valence-electron chi connectivity index (χ4n) is 1.66. The molecule has 0 saturated heterocycles. The van der Waals surface area contributed by atoms with Gasteiger partial charge in [0.05, 0.1) is 5.69 Å². The normalized spacial score (nSPS) is 14.8. The highest BCUT2D eigenvalue weighted by molar-refractivity contribution is 7.98. The molecule has 0 amide bonds. The molecule has 0 saturated carbocycles.